The van der Waals surface area contributed by atoms with Gasteiger partial charge in [-0.2, -0.15) is 0 Å². The van der Waals surface area contributed by atoms with Crippen molar-refractivity contribution in [1.29, 1.82) is 0 Å². The van der Waals surface area contributed by atoms with Gasteiger partial charge < -0.3 is 5.32 Å². The first-order valence-electron chi connectivity index (χ1n) is 9.35. The Morgan fingerprint density at radius 3 is 2.41 bits per heavy atom. The zero-order chi connectivity index (χ0) is 20.4. The number of hydrogen-bond donors (Lipinski definition) is 1. The molecule has 0 aliphatic carbocycles. The normalized spacial score (nSPS) is 12.6. The number of amides is 1. The van der Waals surface area contributed by atoms with Gasteiger partial charge in [-0.1, -0.05) is 44.7 Å². The molecule has 0 fully saturated rings. The minimum absolute atomic E-state index is 0.0301. The van der Waals surface area contributed by atoms with Gasteiger partial charge in [0.1, 0.15) is 0 Å². The third-order valence-electron chi connectivity index (χ3n) is 4.07. The van der Waals surface area contributed by atoms with Crippen LogP contribution >= 0.6 is 11.8 Å². The Balaban J connectivity index is 2.20. The van der Waals surface area contributed by atoms with Crippen LogP contribution < -0.4 is 10.9 Å². The predicted octanol–water partition coefficient (Wildman–Crippen LogP) is 4.40. The second-order valence-corrected chi connectivity index (χ2v) is 10.1. The van der Waals surface area contributed by atoms with Crippen LogP contribution in [0.1, 0.15) is 60.9 Å². The van der Waals surface area contributed by atoms with Crippen LogP contribution in [0.15, 0.2) is 34.2 Å². The van der Waals surface area contributed by atoms with Crippen LogP contribution in [0.4, 0.5) is 0 Å². The number of carbonyl (C=O) groups is 1. The highest BCUT2D eigenvalue weighted by atomic mass is 32.2. The fourth-order valence-corrected chi connectivity index (χ4v) is 4.52. The van der Waals surface area contributed by atoms with Crippen molar-refractivity contribution in [2.75, 3.05) is 5.75 Å². The van der Waals surface area contributed by atoms with Gasteiger partial charge in [-0.15, -0.1) is 0 Å². The van der Waals surface area contributed by atoms with Crippen LogP contribution in [0.2, 0.25) is 0 Å². The summed E-state index contributed by atoms with van der Waals surface area (Å²) in [5.74, 6) is 0.178. The van der Waals surface area contributed by atoms with E-state index in [0.717, 1.165) is 6.42 Å². The molecule has 0 spiro atoms. The van der Waals surface area contributed by atoms with Crippen LogP contribution in [0.3, 0.4) is 0 Å². The average molecular weight is 390 g/mol. The van der Waals surface area contributed by atoms with Crippen molar-refractivity contribution in [3.63, 3.8) is 0 Å². The van der Waals surface area contributed by atoms with E-state index in [0.29, 0.717) is 16.1 Å². The van der Waals surface area contributed by atoms with E-state index in [4.69, 9.17) is 0 Å². The molecular weight excluding hydrogens is 358 g/mol. The molecule has 0 saturated carbocycles. The Bertz CT molecular complexity index is 879. The number of fused-ring (bicyclic) bond motifs is 1. The van der Waals surface area contributed by atoms with Crippen LogP contribution in [-0.2, 0) is 4.79 Å². The van der Waals surface area contributed by atoms with Gasteiger partial charge >= 0.3 is 0 Å². The van der Waals surface area contributed by atoms with E-state index >= 15 is 0 Å². The number of carbonyl (C=O) groups excluding carboxylic acids is 1. The average Bonchev–Trinajstić information content (AvgIpc) is 2.49. The molecule has 5 nitrogen and oxygen atoms in total. The largest absolute Gasteiger partial charge is 0.350 e. The molecule has 1 amide bonds. The molecular formula is C21H31N3O2S. The first kappa shape index (κ1) is 21.5. The molecule has 0 aliphatic rings. The van der Waals surface area contributed by atoms with Gasteiger partial charge in [0, 0.05) is 11.6 Å². The summed E-state index contributed by atoms with van der Waals surface area (Å²) in [6.45, 7) is 14.5. The molecule has 1 aromatic carbocycles. The summed E-state index contributed by atoms with van der Waals surface area (Å²) in [5, 5.41) is 4.29. The lowest BCUT2D eigenvalue weighted by Crippen LogP contribution is -2.46. The third-order valence-corrected chi connectivity index (χ3v) is 5.03. The molecule has 0 unspecified atom stereocenters. The van der Waals surface area contributed by atoms with Crippen LogP contribution in [0, 0.1) is 5.41 Å². The Hall–Kier alpha value is -1.82. The molecule has 1 aromatic heterocycles. The van der Waals surface area contributed by atoms with Crippen molar-refractivity contribution < 1.29 is 4.79 Å². The SMILES string of the molecule is CC(C)n1c(SCC(=O)NC(C)(C)CC(C)(C)C)nc2ccccc2c1=O. The first-order chi connectivity index (χ1) is 12.4. The summed E-state index contributed by atoms with van der Waals surface area (Å²) in [6, 6.07) is 7.30. The highest BCUT2D eigenvalue weighted by Gasteiger charge is 2.27. The highest BCUT2D eigenvalue weighted by molar-refractivity contribution is 7.99. The van der Waals surface area contributed by atoms with Crippen molar-refractivity contribution in [2.24, 2.45) is 5.41 Å². The van der Waals surface area contributed by atoms with Crippen LogP contribution in [0.5, 0.6) is 0 Å². The predicted molar refractivity (Wildman–Crippen MR) is 113 cm³/mol. The van der Waals surface area contributed by atoms with Gasteiger partial charge in [0.25, 0.3) is 5.56 Å². The van der Waals surface area contributed by atoms with Gasteiger partial charge in [0.05, 0.1) is 16.7 Å². The van der Waals surface area contributed by atoms with Crippen molar-refractivity contribution in [3.05, 3.63) is 34.6 Å². The number of nitrogens with one attached hydrogen (secondary N) is 1. The smallest absolute Gasteiger partial charge is 0.262 e. The number of nitrogens with zero attached hydrogens (tertiary/aromatic N) is 2. The van der Waals surface area contributed by atoms with Crippen molar-refractivity contribution in [2.45, 2.75) is 71.6 Å². The first-order valence-corrected chi connectivity index (χ1v) is 10.3. The van der Waals surface area contributed by atoms with Crippen LogP contribution in [-0.4, -0.2) is 26.8 Å². The second kappa shape index (κ2) is 8.05. The molecule has 0 atom stereocenters. The van der Waals surface area contributed by atoms with E-state index in [9.17, 15) is 9.59 Å². The van der Waals surface area contributed by atoms with Crippen LogP contribution in [0.25, 0.3) is 10.9 Å². The molecule has 0 aliphatic heterocycles. The lowest BCUT2D eigenvalue weighted by Gasteiger charge is -2.33. The number of rotatable bonds is 6. The third kappa shape index (κ3) is 5.83. The Morgan fingerprint density at radius 1 is 1.19 bits per heavy atom. The van der Waals surface area contributed by atoms with E-state index in [-0.39, 0.29) is 34.2 Å². The van der Waals surface area contributed by atoms with E-state index in [2.05, 4.69) is 31.1 Å². The van der Waals surface area contributed by atoms with Crippen molar-refractivity contribution in [3.8, 4) is 0 Å². The number of hydrogen-bond acceptors (Lipinski definition) is 4. The van der Waals surface area contributed by atoms with Gasteiger partial charge in [0.15, 0.2) is 5.16 Å². The van der Waals surface area contributed by atoms with Crippen molar-refractivity contribution in [1.82, 2.24) is 14.9 Å². The quantitative estimate of drug-likeness (QED) is 0.587. The lowest BCUT2D eigenvalue weighted by molar-refractivity contribution is -0.120. The molecule has 0 radical (unpaired) electrons. The molecule has 27 heavy (non-hydrogen) atoms. The second-order valence-electron chi connectivity index (χ2n) is 9.14. The number of para-hydroxylation sites is 1. The maximum atomic E-state index is 12.8. The molecule has 2 aromatic rings. The van der Waals surface area contributed by atoms with Gasteiger partial charge in [-0.25, -0.2) is 4.98 Å². The zero-order valence-electron chi connectivity index (χ0n) is 17.4. The topological polar surface area (TPSA) is 64.0 Å². The van der Waals surface area contributed by atoms with Crippen molar-refractivity contribution >= 4 is 28.6 Å². The number of thioether (sulfide) groups is 1. The summed E-state index contributed by atoms with van der Waals surface area (Å²) in [6.07, 6.45) is 0.876. The fraction of sp³-hybridized carbons (Fsp3) is 0.571. The summed E-state index contributed by atoms with van der Waals surface area (Å²) >= 11 is 1.31. The minimum Gasteiger partial charge on any atom is -0.350 e. The molecule has 6 heteroatoms. The Kier molecular flexibility index (Phi) is 6.40. The maximum absolute atomic E-state index is 12.8. The van der Waals surface area contributed by atoms with E-state index in [1.807, 2.05) is 45.9 Å². The molecule has 0 saturated heterocycles. The van der Waals surface area contributed by atoms with Gasteiger partial charge in [-0.05, 0) is 51.7 Å². The Morgan fingerprint density at radius 2 is 1.81 bits per heavy atom. The monoisotopic (exact) mass is 389 g/mol. The summed E-state index contributed by atoms with van der Waals surface area (Å²) < 4.78 is 1.67. The van der Waals surface area contributed by atoms with Gasteiger partial charge in [-0.3, -0.25) is 14.2 Å². The minimum atomic E-state index is -0.287. The number of aromatic nitrogens is 2. The Labute approximate surface area is 166 Å². The zero-order valence-corrected chi connectivity index (χ0v) is 18.2. The molecule has 148 valence electrons. The highest BCUT2D eigenvalue weighted by Crippen LogP contribution is 2.27. The fourth-order valence-electron chi connectivity index (χ4n) is 3.60. The molecule has 1 heterocycles. The molecule has 0 bridgehead atoms. The summed E-state index contributed by atoms with van der Waals surface area (Å²) in [5.41, 5.74) is 0.439. The maximum Gasteiger partial charge on any atom is 0.262 e. The summed E-state index contributed by atoms with van der Waals surface area (Å²) in [4.78, 5) is 30.0. The number of benzene rings is 1. The lowest BCUT2D eigenvalue weighted by atomic mass is 9.82. The molecule has 1 N–H and O–H groups in total. The van der Waals surface area contributed by atoms with E-state index in [1.54, 1.807) is 10.6 Å². The van der Waals surface area contributed by atoms with E-state index < -0.39 is 0 Å². The van der Waals surface area contributed by atoms with E-state index in [1.165, 1.54) is 11.8 Å². The standard InChI is InChI=1S/C21H31N3O2S/c1-14(2)24-18(26)15-10-8-9-11-16(15)22-19(24)27-12-17(25)23-21(6,7)13-20(3,4)5/h8-11,14H,12-13H2,1-7H3,(H,23,25). The summed E-state index contributed by atoms with van der Waals surface area (Å²) in [7, 11) is 0. The van der Waals surface area contributed by atoms with Gasteiger partial charge in [0.2, 0.25) is 5.91 Å². The molecule has 2 rings (SSSR count).